The Labute approximate surface area is 141 Å². The molecule has 1 aliphatic carbocycles. The molecule has 0 unspecified atom stereocenters. The monoisotopic (exact) mass is 346 g/mol. The number of carbonyl (C=O) groups is 1. The fraction of sp³-hybridized carbons (Fsp3) is 0.375. The van der Waals surface area contributed by atoms with Crippen molar-refractivity contribution in [3.05, 3.63) is 41.6 Å². The van der Waals surface area contributed by atoms with E-state index in [9.17, 15) is 13.6 Å². The summed E-state index contributed by atoms with van der Waals surface area (Å²) in [6.45, 7) is 1.83. The Balaban J connectivity index is 1.65. The van der Waals surface area contributed by atoms with E-state index in [4.69, 9.17) is 0 Å². The first-order chi connectivity index (χ1) is 12.0. The summed E-state index contributed by atoms with van der Waals surface area (Å²) in [6.07, 6.45) is 4.55. The Bertz CT molecular complexity index is 943. The SMILES string of the molecule is Cc1ccnc2c(C(=O)Nc3cn(C4CCC4)nc3C(F)F)cnn12. The molecule has 1 N–H and O–H groups in total. The highest BCUT2D eigenvalue weighted by Gasteiger charge is 2.26. The second kappa shape index (κ2) is 5.91. The topological polar surface area (TPSA) is 77.1 Å². The number of hydrogen-bond acceptors (Lipinski definition) is 4. The average Bonchev–Trinajstić information content (AvgIpc) is 3.11. The standard InChI is InChI=1S/C16H16F2N6O/c1-9-5-6-19-15-11(7-20-24(9)15)16(25)21-12-8-23(10-3-2-4-10)22-13(12)14(17)18/h5-8,10,14H,2-4H2,1H3,(H,21,25). The maximum Gasteiger partial charge on any atom is 0.284 e. The lowest BCUT2D eigenvalue weighted by Crippen LogP contribution is -2.17. The van der Waals surface area contributed by atoms with Crippen molar-refractivity contribution in [3.8, 4) is 0 Å². The molecule has 1 aliphatic rings. The summed E-state index contributed by atoms with van der Waals surface area (Å²) < 4.78 is 29.6. The van der Waals surface area contributed by atoms with Crippen molar-refractivity contribution < 1.29 is 13.6 Å². The maximum absolute atomic E-state index is 13.3. The molecule has 0 radical (unpaired) electrons. The highest BCUT2D eigenvalue weighted by molar-refractivity contribution is 6.08. The number of carbonyl (C=O) groups excluding carboxylic acids is 1. The zero-order valence-electron chi connectivity index (χ0n) is 13.5. The van der Waals surface area contributed by atoms with Gasteiger partial charge < -0.3 is 5.32 Å². The molecule has 0 aromatic carbocycles. The minimum absolute atomic E-state index is 0.0268. The summed E-state index contributed by atoms with van der Waals surface area (Å²) in [4.78, 5) is 16.7. The first kappa shape index (κ1) is 15.7. The Morgan fingerprint density at radius 1 is 1.40 bits per heavy atom. The van der Waals surface area contributed by atoms with Crippen molar-refractivity contribution in [2.75, 3.05) is 5.32 Å². The van der Waals surface area contributed by atoms with Crippen LogP contribution in [0.5, 0.6) is 0 Å². The fourth-order valence-electron chi connectivity index (χ4n) is 2.86. The number of aromatic nitrogens is 5. The zero-order chi connectivity index (χ0) is 17.6. The number of anilines is 1. The second-order valence-corrected chi connectivity index (χ2v) is 6.13. The van der Waals surface area contributed by atoms with Crippen molar-refractivity contribution in [1.82, 2.24) is 24.4 Å². The third-order valence-electron chi connectivity index (χ3n) is 4.50. The van der Waals surface area contributed by atoms with Gasteiger partial charge in [-0.05, 0) is 32.3 Å². The highest BCUT2D eigenvalue weighted by Crippen LogP contribution is 2.34. The van der Waals surface area contributed by atoms with Gasteiger partial charge in [-0.1, -0.05) is 0 Å². The molecule has 0 atom stereocenters. The summed E-state index contributed by atoms with van der Waals surface area (Å²) in [5.41, 5.74) is 1.03. The minimum atomic E-state index is -2.76. The lowest BCUT2D eigenvalue weighted by Gasteiger charge is -2.25. The van der Waals surface area contributed by atoms with E-state index < -0.39 is 18.0 Å². The molecule has 1 fully saturated rings. The number of hydrogen-bond donors (Lipinski definition) is 1. The number of rotatable bonds is 4. The van der Waals surface area contributed by atoms with Crippen LogP contribution in [0.2, 0.25) is 0 Å². The van der Waals surface area contributed by atoms with Crippen LogP contribution in [-0.2, 0) is 0 Å². The molecule has 7 nitrogen and oxygen atoms in total. The van der Waals surface area contributed by atoms with Crippen LogP contribution in [0.25, 0.3) is 5.65 Å². The van der Waals surface area contributed by atoms with Gasteiger partial charge in [0.2, 0.25) is 0 Å². The smallest absolute Gasteiger partial charge is 0.284 e. The van der Waals surface area contributed by atoms with Crippen molar-refractivity contribution in [2.45, 2.75) is 38.7 Å². The Kier molecular flexibility index (Phi) is 3.70. The molecule has 9 heteroatoms. The molecule has 0 spiro atoms. The highest BCUT2D eigenvalue weighted by atomic mass is 19.3. The number of fused-ring (bicyclic) bond motifs is 1. The summed E-state index contributed by atoms with van der Waals surface area (Å²) in [6, 6.07) is 1.89. The minimum Gasteiger partial charge on any atom is -0.319 e. The molecule has 0 bridgehead atoms. The molecule has 0 saturated heterocycles. The van der Waals surface area contributed by atoms with Gasteiger partial charge in [-0.15, -0.1) is 0 Å². The Morgan fingerprint density at radius 3 is 2.88 bits per heavy atom. The number of nitrogens with zero attached hydrogens (tertiary/aromatic N) is 5. The lowest BCUT2D eigenvalue weighted by atomic mass is 9.93. The quantitative estimate of drug-likeness (QED) is 0.787. The van der Waals surface area contributed by atoms with Crippen LogP contribution >= 0.6 is 0 Å². The van der Waals surface area contributed by atoms with Gasteiger partial charge in [0.05, 0.1) is 17.9 Å². The van der Waals surface area contributed by atoms with E-state index in [-0.39, 0.29) is 17.3 Å². The fourth-order valence-corrected chi connectivity index (χ4v) is 2.86. The third kappa shape index (κ3) is 2.65. The van der Waals surface area contributed by atoms with Crippen LogP contribution in [0.4, 0.5) is 14.5 Å². The molecular formula is C16H16F2N6O. The molecule has 130 valence electrons. The molecular weight excluding hydrogens is 330 g/mol. The maximum atomic E-state index is 13.3. The van der Waals surface area contributed by atoms with Crippen LogP contribution in [0.1, 0.15) is 53.5 Å². The van der Waals surface area contributed by atoms with E-state index in [0.29, 0.717) is 5.65 Å². The Morgan fingerprint density at radius 2 is 2.20 bits per heavy atom. The zero-order valence-corrected chi connectivity index (χ0v) is 13.5. The van der Waals surface area contributed by atoms with Gasteiger partial charge in [0.25, 0.3) is 12.3 Å². The molecule has 3 heterocycles. The van der Waals surface area contributed by atoms with Gasteiger partial charge in [0.1, 0.15) is 5.56 Å². The van der Waals surface area contributed by atoms with Gasteiger partial charge in [-0.25, -0.2) is 18.3 Å². The summed E-state index contributed by atoms with van der Waals surface area (Å²) >= 11 is 0. The number of halogens is 2. The molecule has 25 heavy (non-hydrogen) atoms. The van der Waals surface area contributed by atoms with Crippen LogP contribution in [0.15, 0.2) is 24.7 Å². The normalized spacial score (nSPS) is 14.9. The first-order valence-corrected chi connectivity index (χ1v) is 8.02. The number of amides is 1. The molecule has 3 aromatic heterocycles. The van der Waals surface area contributed by atoms with Gasteiger partial charge in [-0.2, -0.15) is 10.2 Å². The van der Waals surface area contributed by atoms with E-state index in [0.717, 1.165) is 25.0 Å². The van der Waals surface area contributed by atoms with Crippen LogP contribution in [0, 0.1) is 6.92 Å². The number of aryl methyl sites for hydroxylation is 1. The predicted molar refractivity (Wildman–Crippen MR) is 85.7 cm³/mol. The van der Waals surface area contributed by atoms with Gasteiger partial charge in [0.15, 0.2) is 11.3 Å². The van der Waals surface area contributed by atoms with Crippen molar-refractivity contribution in [3.63, 3.8) is 0 Å². The molecule has 4 rings (SSSR count). The van der Waals surface area contributed by atoms with E-state index in [1.54, 1.807) is 12.3 Å². The van der Waals surface area contributed by atoms with Crippen LogP contribution < -0.4 is 5.32 Å². The van der Waals surface area contributed by atoms with E-state index in [1.165, 1.54) is 21.6 Å². The van der Waals surface area contributed by atoms with Crippen LogP contribution in [-0.4, -0.2) is 30.3 Å². The summed E-state index contributed by atoms with van der Waals surface area (Å²) in [7, 11) is 0. The number of nitrogens with one attached hydrogen (secondary N) is 1. The third-order valence-corrected chi connectivity index (χ3v) is 4.50. The lowest BCUT2D eigenvalue weighted by molar-refractivity contribution is 0.102. The summed E-state index contributed by atoms with van der Waals surface area (Å²) in [5.74, 6) is -0.539. The predicted octanol–water partition coefficient (Wildman–Crippen LogP) is 3.15. The number of alkyl halides is 2. The van der Waals surface area contributed by atoms with Gasteiger partial charge >= 0.3 is 0 Å². The summed E-state index contributed by atoms with van der Waals surface area (Å²) in [5, 5.41) is 10.6. The van der Waals surface area contributed by atoms with E-state index in [1.807, 2.05) is 6.92 Å². The average molecular weight is 346 g/mol. The molecule has 1 saturated carbocycles. The van der Waals surface area contributed by atoms with Crippen molar-refractivity contribution in [2.24, 2.45) is 0 Å². The van der Waals surface area contributed by atoms with Crippen molar-refractivity contribution in [1.29, 1.82) is 0 Å². The van der Waals surface area contributed by atoms with Gasteiger partial charge in [-0.3, -0.25) is 9.48 Å². The van der Waals surface area contributed by atoms with E-state index in [2.05, 4.69) is 20.5 Å². The molecule has 0 aliphatic heterocycles. The molecule has 3 aromatic rings. The Hall–Kier alpha value is -2.84. The van der Waals surface area contributed by atoms with Gasteiger partial charge in [0, 0.05) is 18.1 Å². The van der Waals surface area contributed by atoms with Crippen LogP contribution in [0.3, 0.4) is 0 Å². The van der Waals surface area contributed by atoms with E-state index >= 15 is 0 Å². The largest absolute Gasteiger partial charge is 0.319 e. The van der Waals surface area contributed by atoms with Crippen molar-refractivity contribution >= 4 is 17.2 Å². The second-order valence-electron chi connectivity index (χ2n) is 6.13. The molecule has 1 amide bonds. The first-order valence-electron chi connectivity index (χ1n) is 8.02.